The number of aromatic nitrogens is 2. The van der Waals surface area contributed by atoms with E-state index in [2.05, 4.69) is 22.7 Å². The third kappa shape index (κ3) is 4.87. The molecule has 18 heavy (non-hydrogen) atoms. The van der Waals surface area contributed by atoms with Crippen LogP contribution >= 0.6 is 0 Å². The van der Waals surface area contributed by atoms with Gasteiger partial charge in [0.15, 0.2) is 0 Å². The molecular weight excluding hydrogens is 228 g/mol. The van der Waals surface area contributed by atoms with Crippen molar-refractivity contribution in [3.05, 3.63) is 17.5 Å². The molecule has 0 radical (unpaired) electrons. The molecule has 1 amide bonds. The van der Waals surface area contributed by atoms with Gasteiger partial charge in [0.05, 0.1) is 5.69 Å². The van der Waals surface area contributed by atoms with E-state index in [4.69, 9.17) is 0 Å². The van der Waals surface area contributed by atoms with E-state index in [0.717, 1.165) is 31.6 Å². The van der Waals surface area contributed by atoms with Gasteiger partial charge in [-0.15, -0.1) is 0 Å². The SMILES string of the molecule is CCCNC(=O)CCNCc1cn(C)nc1CC. The van der Waals surface area contributed by atoms with Crippen molar-refractivity contribution in [2.45, 2.75) is 39.7 Å². The molecule has 1 rings (SSSR count). The standard InChI is InChI=1S/C13H24N4O/c1-4-7-15-13(18)6-8-14-9-11-10-17(3)16-12(11)5-2/h10,14H,4-9H2,1-3H3,(H,15,18). The van der Waals surface area contributed by atoms with Crippen LogP contribution in [0, 0.1) is 0 Å². The monoisotopic (exact) mass is 252 g/mol. The molecule has 5 nitrogen and oxygen atoms in total. The smallest absolute Gasteiger partial charge is 0.221 e. The zero-order chi connectivity index (χ0) is 13.4. The number of hydrogen-bond donors (Lipinski definition) is 2. The van der Waals surface area contributed by atoms with Gasteiger partial charge in [-0.25, -0.2) is 0 Å². The summed E-state index contributed by atoms with van der Waals surface area (Å²) in [5, 5.41) is 10.5. The molecule has 0 aliphatic carbocycles. The van der Waals surface area contributed by atoms with Crippen LogP contribution < -0.4 is 10.6 Å². The van der Waals surface area contributed by atoms with Crippen molar-refractivity contribution in [2.75, 3.05) is 13.1 Å². The lowest BCUT2D eigenvalue weighted by atomic mass is 10.2. The third-order valence-electron chi connectivity index (χ3n) is 2.74. The lowest BCUT2D eigenvalue weighted by Crippen LogP contribution is -2.28. The van der Waals surface area contributed by atoms with Gasteiger partial charge in [-0.3, -0.25) is 9.48 Å². The number of rotatable bonds is 8. The van der Waals surface area contributed by atoms with Gasteiger partial charge in [-0.2, -0.15) is 5.10 Å². The van der Waals surface area contributed by atoms with Crippen LogP contribution in [-0.4, -0.2) is 28.8 Å². The summed E-state index contributed by atoms with van der Waals surface area (Å²) in [6, 6.07) is 0. The van der Waals surface area contributed by atoms with Gasteiger partial charge in [0, 0.05) is 44.9 Å². The molecule has 102 valence electrons. The second-order valence-electron chi connectivity index (χ2n) is 4.40. The minimum atomic E-state index is 0.117. The fraction of sp³-hybridized carbons (Fsp3) is 0.692. The summed E-state index contributed by atoms with van der Waals surface area (Å²) in [6.45, 7) is 6.39. The molecule has 1 aromatic heterocycles. The van der Waals surface area contributed by atoms with Gasteiger partial charge >= 0.3 is 0 Å². The maximum absolute atomic E-state index is 11.4. The fourth-order valence-corrected chi connectivity index (χ4v) is 1.81. The Morgan fingerprint density at radius 2 is 2.17 bits per heavy atom. The molecular formula is C13H24N4O. The second-order valence-corrected chi connectivity index (χ2v) is 4.40. The molecule has 0 spiro atoms. The van der Waals surface area contributed by atoms with Crippen molar-refractivity contribution in [2.24, 2.45) is 7.05 Å². The lowest BCUT2D eigenvalue weighted by Gasteiger charge is -2.05. The van der Waals surface area contributed by atoms with Gasteiger partial charge < -0.3 is 10.6 Å². The van der Waals surface area contributed by atoms with Gasteiger partial charge in [-0.05, 0) is 12.8 Å². The molecule has 0 unspecified atom stereocenters. The number of nitrogens with zero attached hydrogens (tertiary/aromatic N) is 2. The Labute approximate surface area is 109 Å². The molecule has 0 aliphatic rings. The summed E-state index contributed by atoms with van der Waals surface area (Å²) in [6.07, 6.45) is 4.48. The van der Waals surface area contributed by atoms with E-state index >= 15 is 0 Å². The van der Waals surface area contributed by atoms with E-state index in [1.165, 1.54) is 5.56 Å². The van der Waals surface area contributed by atoms with E-state index in [1.807, 2.05) is 24.9 Å². The van der Waals surface area contributed by atoms with E-state index in [1.54, 1.807) is 0 Å². The summed E-state index contributed by atoms with van der Waals surface area (Å²) in [5.41, 5.74) is 2.34. The summed E-state index contributed by atoms with van der Waals surface area (Å²) in [7, 11) is 1.93. The number of carbonyl (C=O) groups is 1. The van der Waals surface area contributed by atoms with Gasteiger partial charge in [0.25, 0.3) is 0 Å². The van der Waals surface area contributed by atoms with E-state index in [-0.39, 0.29) is 5.91 Å². The maximum atomic E-state index is 11.4. The Morgan fingerprint density at radius 3 is 2.83 bits per heavy atom. The normalized spacial score (nSPS) is 10.6. The molecule has 0 aromatic carbocycles. The van der Waals surface area contributed by atoms with Crippen LogP contribution in [-0.2, 0) is 24.8 Å². The third-order valence-corrected chi connectivity index (χ3v) is 2.74. The molecule has 1 aromatic rings. The van der Waals surface area contributed by atoms with E-state index < -0.39 is 0 Å². The highest BCUT2D eigenvalue weighted by Gasteiger charge is 2.05. The van der Waals surface area contributed by atoms with Crippen LogP contribution in [0.15, 0.2) is 6.20 Å². The molecule has 0 fully saturated rings. The van der Waals surface area contributed by atoms with Gasteiger partial charge in [-0.1, -0.05) is 13.8 Å². The predicted octanol–water partition coefficient (Wildman–Crippen LogP) is 0.988. The second kappa shape index (κ2) is 7.87. The number of hydrogen-bond acceptors (Lipinski definition) is 3. The number of nitrogens with one attached hydrogen (secondary N) is 2. The Morgan fingerprint density at radius 1 is 1.39 bits per heavy atom. The van der Waals surface area contributed by atoms with E-state index in [0.29, 0.717) is 13.0 Å². The van der Waals surface area contributed by atoms with Crippen molar-refractivity contribution in [1.29, 1.82) is 0 Å². The minimum absolute atomic E-state index is 0.117. The maximum Gasteiger partial charge on any atom is 0.221 e. The lowest BCUT2D eigenvalue weighted by molar-refractivity contribution is -0.120. The van der Waals surface area contributed by atoms with Crippen LogP contribution in [0.3, 0.4) is 0 Å². The van der Waals surface area contributed by atoms with Crippen molar-refractivity contribution in [3.63, 3.8) is 0 Å². The van der Waals surface area contributed by atoms with Crippen molar-refractivity contribution >= 4 is 5.91 Å². The number of amides is 1. The average Bonchev–Trinajstić information content (AvgIpc) is 2.72. The summed E-state index contributed by atoms with van der Waals surface area (Å²) in [5.74, 6) is 0.117. The molecule has 0 saturated heterocycles. The Bertz CT molecular complexity index is 373. The zero-order valence-electron chi connectivity index (χ0n) is 11.6. The Kier molecular flexibility index (Phi) is 6.43. The van der Waals surface area contributed by atoms with Crippen LogP contribution in [0.5, 0.6) is 0 Å². The first kappa shape index (κ1) is 14.7. The van der Waals surface area contributed by atoms with Gasteiger partial charge in [0.2, 0.25) is 5.91 Å². The van der Waals surface area contributed by atoms with Crippen LogP contribution in [0.1, 0.15) is 37.9 Å². The quantitative estimate of drug-likeness (QED) is 0.678. The van der Waals surface area contributed by atoms with Crippen molar-refractivity contribution < 1.29 is 4.79 Å². The van der Waals surface area contributed by atoms with Crippen LogP contribution in [0.4, 0.5) is 0 Å². The van der Waals surface area contributed by atoms with E-state index in [9.17, 15) is 4.79 Å². The van der Waals surface area contributed by atoms with Crippen LogP contribution in [0.2, 0.25) is 0 Å². The topological polar surface area (TPSA) is 59.0 Å². The minimum Gasteiger partial charge on any atom is -0.356 e. The average molecular weight is 252 g/mol. The molecule has 1 heterocycles. The van der Waals surface area contributed by atoms with Crippen LogP contribution in [0.25, 0.3) is 0 Å². The molecule has 0 saturated carbocycles. The Balaban J connectivity index is 2.23. The zero-order valence-corrected chi connectivity index (χ0v) is 11.6. The summed E-state index contributed by atoms with van der Waals surface area (Å²) < 4.78 is 1.84. The summed E-state index contributed by atoms with van der Waals surface area (Å²) in [4.78, 5) is 11.4. The largest absolute Gasteiger partial charge is 0.356 e. The Hall–Kier alpha value is -1.36. The first-order chi connectivity index (χ1) is 8.67. The molecule has 0 atom stereocenters. The number of aryl methyl sites for hydroxylation is 2. The highest BCUT2D eigenvalue weighted by molar-refractivity contribution is 5.75. The highest BCUT2D eigenvalue weighted by Crippen LogP contribution is 2.06. The van der Waals surface area contributed by atoms with Crippen molar-refractivity contribution in [1.82, 2.24) is 20.4 Å². The molecule has 0 aliphatic heterocycles. The van der Waals surface area contributed by atoms with Crippen molar-refractivity contribution in [3.8, 4) is 0 Å². The first-order valence-corrected chi connectivity index (χ1v) is 6.66. The molecule has 5 heteroatoms. The number of carbonyl (C=O) groups excluding carboxylic acids is 1. The molecule has 2 N–H and O–H groups in total. The van der Waals surface area contributed by atoms with Gasteiger partial charge in [0.1, 0.15) is 0 Å². The predicted molar refractivity (Wildman–Crippen MR) is 72.2 cm³/mol. The fourth-order valence-electron chi connectivity index (χ4n) is 1.81. The highest BCUT2D eigenvalue weighted by atomic mass is 16.1. The summed E-state index contributed by atoms with van der Waals surface area (Å²) >= 11 is 0. The first-order valence-electron chi connectivity index (χ1n) is 6.66. The molecule has 0 bridgehead atoms.